The molecular formula is C19H19F3N2O2. The summed E-state index contributed by atoms with van der Waals surface area (Å²) in [5, 5.41) is 2.84. The summed E-state index contributed by atoms with van der Waals surface area (Å²) in [6.07, 6.45) is -0.690. The minimum atomic E-state index is -4.51. The lowest BCUT2D eigenvalue weighted by Gasteiger charge is -2.15. The van der Waals surface area contributed by atoms with Gasteiger partial charge in [0.05, 0.1) is 5.56 Å². The molecule has 2 aromatic rings. The van der Waals surface area contributed by atoms with E-state index in [0.29, 0.717) is 5.69 Å². The van der Waals surface area contributed by atoms with Gasteiger partial charge < -0.3 is 5.32 Å². The second kappa shape index (κ2) is 6.97. The number of carbonyl (C=O) groups is 1. The summed E-state index contributed by atoms with van der Waals surface area (Å²) >= 11 is 0. The number of pyridine rings is 1. The minimum absolute atomic E-state index is 0.0465. The smallest absolute Gasteiger partial charge is 0.349 e. The van der Waals surface area contributed by atoms with Gasteiger partial charge in [0, 0.05) is 17.4 Å². The number of rotatable bonds is 3. The van der Waals surface area contributed by atoms with Crippen molar-refractivity contribution in [3.05, 3.63) is 63.6 Å². The average molecular weight is 364 g/mol. The minimum Gasteiger partial charge on any atom is -0.349 e. The molecule has 1 N–H and O–H groups in total. The Morgan fingerprint density at radius 3 is 2.50 bits per heavy atom. The van der Waals surface area contributed by atoms with Gasteiger partial charge >= 0.3 is 6.18 Å². The van der Waals surface area contributed by atoms with Gasteiger partial charge in [0.1, 0.15) is 5.56 Å². The molecule has 7 heteroatoms. The second-order valence-electron chi connectivity index (χ2n) is 6.53. The fraction of sp³-hybridized carbons (Fsp3) is 0.368. The van der Waals surface area contributed by atoms with E-state index < -0.39 is 23.2 Å². The summed E-state index contributed by atoms with van der Waals surface area (Å²) in [6, 6.07) is 7.55. The predicted molar refractivity (Wildman–Crippen MR) is 91.5 cm³/mol. The number of hydrogen-bond donors (Lipinski definition) is 1. The highest BCUT2D eigenvalue weighted by Crippen LogP contribution is 2.30. The zero-order chi connectivity index (χ0) is 18.9. The van der Waals surface area contributed by atoms with Gasteiger partial charge in [-0.15, -0.1) is 0 Å². The Balaban J connectivity index is 2.00. The van der Waals surface area contributed by atoms with Crippen molar-refractivity contribution in [1.29, 1.82) is 0 Å². The standard InChI is InChI=1S/C19H19F3N2O2/c1-12-9-10-16(17(25)23-14-6-2-3-7-14)18(26)24(12)15-8-4-5-13(11-15)19(20,21)22/h4-5,8-11,14H,2-3,6-7H2,1H3,(H,23,25). The first-order chi connectivity index (χ1) is 12.3. The van der Waals surface area contributed by atoms with E-state index in [9.17, 15) is 22.8 Å². The van der Waals surface area contributed by atoms with Crippen LogP contribution in [-0.2, 0) is 6.18 Å². The molecule has 0 radical (unpaired) electrons. The number of aromatic nitrogens is 1. The highest BCUT2D eigenvalue weighted by molar-refractivity contribution is 5.94. The molecule has 1 aromatic carbocycles. The Morgan fingerprint density at radius 1 is 1.15 bits per heavy atom. The molecule has 0 bridgehead atoms. The van der Waals surface area contributed by atoms with Crippen LogP contribution in [0.1, 0.15) is 47.3 Å². The molecule has 1 fully saturated rings. The molecular weight excluding hydrogens is 345 g/mol. The number of aryl methyl sites for hydroxylation is 1. The molecule has 1 heterocycles. The third-order valence-corrected chi connectivity index (χ3v) is 4.64. The molecule has 0 unspecified atom stereocenters. The maximum atomic E-state index is 13.0. The van der Waals surface area contributed by atoms with Gasteiger partial charge in [0.2, 0.25) is 0 Å². The van der Waals surface area contributed by atoms with E-state index in [1.807, 2.05) is 0 Å². The number of hydrogen-bond acceptors (Lipinski definition) is 2. The van der Waals surface area contributed by atoms with Crippen LogP contribution >= 0.6 is 0 Å². The summed E-state index contributed by atoms with van der Waals surface area (Å²) in [5.74, 6) is -0.484. The lowest BCUT2D eigenvalue weighted by molar-refractivity contribution is -0.137. The van der Waals surface area contributed by atoms with Crippen LogP contribution < -0.4 is 10.9 Å². The normalized spacial score (nSPS) is 15.2. The van der Waals surface area contributed by atoms with Gasteiger partial charge in [-0.1, -0.05) is 18.9 Å². The lowest BCUT2D eigenvalue weighted by atomic mass is 10.1. The van der Waals surface area contributed by atoms with Crippen LogP contribution in [0.5, 0.6) is 0 Å². The van der Waals surface area contributed by atoms with E-state index in [1.54, 1.807) is 13.0 Å². The highest BCUT2D eigenvalue weighted by atomic mass is 19.4. The van der Waals surface area contributed by atoms with Crippen molar-refractivity contribution < 1.29 is 18.0 Å². The third kappa shape index (κ3) is 3.66. The van der Waals surface area contributed by atoms with Gasteiger partial charge in [-0.2, -0.15) is 13.2 Å². The summed E-state index contributed by atoms with van der Waals surface area (Å²) in [7, 11) is 0. The number of nitrogens with zero attached hydrogens (tertiary/aromatic N) is 1. The monoisotopic (exact) mass is 364 g/mol. The van der Waals surface area contributed by atoms with Crippen molar-refractivity contribution in [1.82, 2.24) is 9.88 Å². The highest BCUT2D eigenvalue weighted by Gasteiger charge is 2.31. The lowest BCUT2D eigenvalue weighted by Crippen LogP contribution is -2.37. The van der Waals surface area contributed by atoms with Crippen LogP contribution in [-0.4, -0.2) is 16.5 Å². The predicted octanol–water partition coefficient (Wildman–Crippen LogP) is 3.84. The summed E-state index contributed by atoms with van der Waals surface area (Å²) < 4.78 is 40.0. The van der Waals surface area contributed by atoms with Crippen LogP contribution in [0.15, 0.2) is 41.2 Å². The van der Waals surface area contributed by atoms with E-state index in [4.69, 9.17) is 0 Å². The van der Waals surface area contributed by atoms with Crippen molar-refractivity contribution in [3.8, 4) is 5.69 Å². The molecule has 1 aromatic heterocycles. The van der Waals surface area contributed by atoms with E-state index in [0.717, 1.165) is 42.4 Å². The van der Waals surface area contributed by atoms with Crippen LogP contribution in [0.3, 0.4) is 0 Å². The largest absolute Gasteiger partial charge is 0.416 e. The molecule has 0 spiro atoms. The molecule has 0 atom stereocenters. The quantitative estimate of drug-likeness (QED) is 0.900. The molecule has 0 aliphatic heterocycles. The fourth-order valence-corrected chi connectivity index (χ4v) is 3.28. The molecule has 3 rings (SSSR count). The van der Waals surface area contributed by atoms with Crippen LogP contribution in [0.2, 0.25) is 0 Å². The Bertz CT molecular complexity index is 881. The van der Waals surface area contributed by atoms with Gasteiger partial charge in [-0.05, 0) is 50.1 Å². The topological polar surface area (TPSA) is 51.1 Å². The second-order valence-corrected chi connectivity index (χ2v) is 6.53. The Hall–Kier alpha value is -2.57. The number of nitrogens with one attached hydrogen (secondary N) is 1. The number of benzene rings is 1. The van der Waals surface area contributed by atoms with E-state index in [1.165, 1.54) is 18.2 Å². The van der Waals surface area contributed by atoms with Gasteiger partial charge in [0.25, 0.3) is 11.5 Å². The maximum Gasteiger partial charge on any atom is 0.416 e. The first-order valence-electron chi connectivity index (χ1n) is 8.48. The zero-order valence-corrected chi connectivity index (χ0v) is 14.3. The Morgan fingerprint density at radius 2 is 1.85 bits per heavy atom. The first-order valence-corrected chi connectivity index (χ1v) is 8.48. The van der Waals surface area contributed by atoms with Crippen LogP contribution in [0.4, 0.5) is 13.2 Å². The summed E-state index contributed by atoms with van der Waals surface area (Å²) in [4.78, 5) is 25.2. The zero-order valence-electron chi connectivity index (χ0n) is 14.3. The molecule has 0 saturated heterocycles. The number of carbonyl (C=O) groups excluding carboxylic acids is 1. The Labute approximate surface area is 148 Å². The van der Waals surface area contributed by atoms with Crippen LogP contribution in [0.25, 0.3) is 5.69 Å². The Kier molecular flexibility index (Phi) is 4.89. The third-order valence-electron chi connectivity index (χ3n) is 4.64. The first kappa shape index (κ1) is 18.2. The summed E-state index contributed by atoms with van der Waals surface area (Å²) in [5.41, 5.74) is -1.01. The van der Waals surface area contributed by atoms with E-state index in [2.05, 4.69) is 5.32 Å². The van der Waals surface area contributed by atoms with Gasteiger partial charge in [-0.25, -0.2) is 0 Å². The molecule has 1 aliphatic rings. The number of amides is 1. The molecule has 4 nitrogen and oxygen atoms in total. The van der Waals surface area contributed by atoms with Crippen molar-refractivity contribution in [2.24, 2.45) is 0 Å². The fourth-order valence-electron chi connectivity index (χ4n) is 3.28. The van der Waals surface area contributed by atoms with Crippen molar-refractivity contribution in [3.63, 3.8) is 0 Å². The van der Waals surface area contributed by atoms with Gasteiger partial charge in [0.15, 0.2) is 0 Å². The average Bonchev–Trinajstić information content (AvgIpc) is 3.07. The number of halogens is 3. The van der Waals surface area contributed by atoms with E-state index in [-0.39, 0.29) is 17.3 Å². The van der Waals surface area contributed by atoms with Crippen molar-refractivity contribution in [2.75, 3.05) is 0 Å². The molecule has 26 heavy (non-hydrogen) atoms. The van der Waals surface area contributed by atoms with Crippen molar-refractivity contribution in [2.45, 2.75) is 44.8 Å². The van der Waals surface area contributed by atoms with Gasteiger partial charge in [-0.3, -0.25) is 14.2 Å². The molecule has 1 amide bonds. The molecule has 138 valence electrons. The van der Waals surface area contributed by atoms with E-state index >= 15 is 0 Å². The SMILES string of the molecule is Cc1ccc(C(=O)NC2CCCC2)c(=O)n1-c1cccc(C(F)(F)F)c1. The molecule has 1 aliphatic carbocycles. The van der Waals surface area contributed by atoms with Crippen LogP contribution in [0, 0.1) is 6.92 Å². The summed E-state index contributed by atoms with van der Waals surface area (Å²) in [6.45, 7) is 1.61. The molecule has 1 saturated carbocycles. The van der Waals surface area contributed by atoms with Crippen molar-refractivity contribution >= 4 is 5.91 Å². The number of alkyl halides is 3. The maximum absolute atomic E-state index is 13.0.